The lowest BCUT2D eigenvalue weighted by atomic mass is 10.2. The van der Waals surface area contributed by atoms with Gasteiger partial charge in [0, 0.05) is 49.4 Å². The minimum atomic E-state index is -0.176. The van der Waals surface area contributed by atoms with Gasteiger partial charge < -0.3 is 9.64 Å². The SMILES string of the molecule is COc1ccccc1N1CCN(Cc2cc(=O)n3[nH]c(-c4ccc(Cl)cc4)nc3n2)CC1. The third kappa shape index (κ3) is 4.06. The van der Waals surface area contributed by atoms with Crippen LogP contribution in [0.5, 0.6) is 5.75 Å². The monoisotopic (exact) mass is 450 g/mol. The number of aromatic nitrogens is 4. The second-order valence-corrected chi connectivity index (χ2v) is 8.17. The molecule has 1 aliphatic heterocycles. The number of nitrogens with one attached hydrogen (secondary N) is 1. The topological polar surface area (TPSA) is 78.8 Å². The number of aromatic amines is 1. The predicted octanol–water partition coefficient (Wildman–Crippen LogP) is 3.07. The molecule has 0 saturated carbocycles. The van der Waals surface area contributed by atoms with E-state index in [-0.39, 0.29) is 5.56 Å². The number of halogens is 1. The molecule has 9 heteroatoms. The Labute approximate surface area is 190 Å². The van der Waals surface area contributed by atoms with Crippen LogP contribution in [0.15, 0.2) is 59.4 Å². The first-order valence-corrected chi connectivity index (χ1v) is 10.8. The molecule has 0 amide bonds. The molecule has 1 fully saturated rings. The normalized spacial score (nSPS) is 14.8. The van der Waals surface area contributed by atoms with Crippen molar-refractivity contribution >= 4 is 23.1 Å². The van der Waals surface area contributed by atoms with E-state index in [2.05, 4.69) is 30.9 Å². The van der Waals surface area contributed by atoms with Crippen molar-refractivity contribution in [1.82, 2.24) is 24.5 Å². The summed E-state index contributed by atoms with van der Waals surface area (Å²) in [5, 5.41) is 3.67. The van der Waals surface area contributed by atoms with Gasteiger partial charge in [0.15, 0.2) is 5.82 Å². The number of para-hydroxylation sites is 2. The highest BCUT2D eigenvalue weighted by molar-refractivity contribution is 6.30. The zero-order valence-electron chi connectivity index (χ0n) is 17.7. The van der Waals surface area contributed by atoms with E-state index in [0.29, 0.717) is 23.2 Å². The van der Waals surface area contributed by atoms with Crippen LogP contribution in [-0.4, -0.2) is 57.8 Å². The number of H-pyrrole nitrogens is 1. The van der Waals surface area contributed by atoms with E-state index >= 15 is 0 Å². The summed E-state index contributed by atoms with van der Waals surface area (Å²) in [7, 11) is 1.70. The first kappa shape index (κ1) is 20.5. The minimum Gasteiger partial charge on any atom is -0.495 e. The van der Waals surface area contributed by atoms with E-state index in [0.717, 1.165) is 48.9 Å². The maximum absolute atomic E-state index is 12.6. The molecule has 32 heavy (non-hydrogen) atoms. The molecule has 0 bridgehead atoms. The molecule has 2 aromatic heterocycles. The Bertz CT molecular complexity index is 1290. The average Bonchev–Trinajstić information content (AvgIpc) is 3.25. The zero-order chi connectivity index (χ0) is 22.1. The molecule has 0 radical (unpaired) electrons. The molecule has 1 saturated heterocycles. The number of piperazine rings is 1. The molecule has 2 aromatic carbocycles. The first-order valence-electron chi connectivity index (χ1n) is 10.5. The minimum absolute atomic E-state index is 0.176. The van der Waals surface area contributed by atoms with Crippen molar-refractivity contribution in [3.8, 4) is 17.1 Å². The number of anilines is 1. The van der Waals surface area contributed by atoms with Crippen LogP contribution in [0.1, 0.15) is 5.69 Å². The van der Waals surface area contributed by atoms with Crippen LogP contribution in [0.2, 0.25) is 5.02 Å². The third-order valence-corrected chi connectivity index (χ3v) is 5.94. The molecule has 1 aliphatic rings. The van der Waals surface area contributed by atoms with E-state index in [1.807, 2.05) is 30.3 Å². The van der Waals surface area contributed by atoms with Gasteiger partial charge in [0.25, 0.3) is 11.3 Å². The van der Waals surface area contributed by atoms with Gasteiger partial charge in [-0.3, -0.25) is 14.8 Å². The smallest absolute Gasteiger partial charge is 0.274 e. The number of ether oxygens (including phenoxy) is 1. The lowest BCUT2D eigenvalue weighted by molar-refractivity contribution is 0.246. The summed E-state index contributed by atoms with van der Waals surface area (Å²) in [6, 6.07) is 16.9. The Kier molecular flexibility index (Phi) is 5.55. The Morgan fingerprint density at radius 1 is 1.03 bits per heavy atom. The van der Waals surface area contributed by atoms with Gasteiger partial charge >= 0.3 is 0 Å². The van der Waals surface area contributed by atoms with Crippen molar-refractivity contribution in [1.29, 1.82) is 0 Å². The molecule has 0 atom stereocenters. The molecule has 8 nitrogen and oxygen atoms in total. The molecule has 5 rings (SSSR count). The van der Waals surface area contributed by atoms with Gasteiger partial charge in [-0.15, -0.1) is 0 Å². The van der Waals surface area contributed by atoms with Crippen molar-refractivity contribution in [3.63, 3.8) is 0 Å². The number of nitrogens with zero attached hydrogens (tertiary/aromatic N) is 5. The van der Waals surface area contributed by atoms with Gasteiger partial charge in [-0.25, -0.2) is 4.98 Å². The number of hydrogen-bond acceptors (Lipinski definition) is 6. The van der Waals surface area contributed by atoms with Crippen LogP contribution in [0.4, 0.5) is 5.69 Å². The standard InChI is InChI=1S/C23H23ClN6O2/c1-32-20-5-3-2-4-19(20)29-12-10-28(11-13-29)15-18-14-21(31)30-23(25-18)26-22(27-30)16-6-8-17(24)9-7-16/h2-9,14H,10-13,15H2,1H3,(H,25,26,27). The van der Waals surface area contributed by atoms with Gasteiger partial charge in [0.05, 0.1) is 18.5 Å². The summed E-state index contributed by atoms with van der Waals surface area (Å²) in [5.41, 5.74) is 2.49. The second kappa shape index (κ2) is 8.64. The van der Waals surface area contributed by atoms with Crippen molar-refractivity contribution in [2.75, 3.05) is 38.2 Å². The number of fused-ring (bicyclic) bond motifs is 1. The third-order valence-electron chi connectivity index (χ3n) is 5.69. The molecule has 1 N–H and O–H groups in total. The van der Waals surface area contributed by atoms with Gasteiger partial charge in [-0.05, 0) is 36.4 Å². The van der Waals surface area contributed by atoms with E-state index < -0.39 is 0 Å². The van der Waals surface area contributed by atoms with E-state index in [4.69, 9.17) is 16.3 Å². The fraction of sp³-hybridized carbons (Fsp3) is 0.261. The number of hydrogen-bond donors (Lipinski definition) is 1. The van der Waals surface area contributed by atoms with Gasteiger partial charge in [-0.2, -0.15) is 9.50 Å². The first-order chi connectivity index (χ1) is 15.6. The lowest BCUT2D eigenvalue weighted by Gasteiger charge is -2.36. The van der Waals surface area contributed by atoms with Crippen molar-refractivity contribution in [3.05, 3.63) is 75.7 Å². The summed E-state index contributed by atoms with van der Waals surface area (Å²) >= 11 is 5.96. The number of methoxy groups -OCH3 is 1. The van der Waals surface area contributed by atoms with Gasteiger partial charge in [0.2, 0.25) is 0 Å². The maximum atomic E-state index is 12.6. The Morgan fingerprint density at radius 2 is 1.78 bits per heavy atom. The fourth-order valence-electron chi connectivity index (χ4n) is 4.01. The largest absolute Gasteiger partial charge is 0.495 e. The quantitative estimate of drug-likeness (QED) is 0.503. The summed E-state index contributed by atoms with van der Waals surface area (Å²) in [6.07, 6.45) is 0. The second-order valence-electron chi connectivity index (χ2n) is 7.74. The molecule has 0 aliphatic carbocycles. The molecule has 0 unspecified atom stereocenters. The van der Waals surface area contributed by atoms with Crippen molar-refractivity contribution < 1.29 is 4.74 Å². The Morgan fingerprint density at radius 3 is 2.53 bits per heavy atom. The molecule has 3 heterocycles. The highest BCUT2D eigenvalue weighted by Gasteiger charge is 2.20. The van der Waals surface area contributed by atoms with Crippen LogP contribution >= 0.6 is 11.6 Å². The lowest BCUT2D eigenvalue weighted by Crippen LogP contribution is -2.46. The molecular weight excluding hydrogens is 428 g/mol. The Hall–Kier alpha value is -3.36. The molecular formula is C23H23ClN6O2. The van der Waals surface area contributed by atoms with Crippen LogP contribution in [-0.2, 0) is 6.54 Å². The molecule has 164 valence electrons. The van der Waals surface area contributed by atoms with E-state index in [1.54, 1.807) is 25.3 Å². The van der Waals surface area contributed by atoms with Crippen LogP contribution < -0.4 is 15.2 Å². The van der Waals surface area contributed by atoms with E-state index in [1.165, 1.54) is 4.52 Å². The summed E-state index contributed by atoms with van der Waals surface area (Å²) in [4.78, 5) is 26.4. The maximum Gasteiger partial charge on any atom is 0.274 e. The fourth-order valence-corrected chi connectivity index (χ4v) is 4.14. The Balaban J connectivity index is 1.30. The summed E-state index contributed by atoms with van der Waals surface area (Å²) in [5.74, 6) is 1.83. The van der Waals surface area contributed by atoms with Crippen LogP contribution in [0, 0.1) is 0 Å². The zero-order valence-corrected chi connectivity index (χ0v) is 18.4. The van der Waals surface area contributed by atoms with Crippen LogP contribution in [0.25, 0.3) is 17.2 Å². The molecule has 0 spiro atoms. The predicted molar refractivity (Wildman–Crippen MR) is 125 cm³/mol. The highest BCUT2D eigenvalue weighted by atomic mass is 35.5. The average molecular weight is 451 g/mol. The highest BCUT2D eigenvalue weighted by Crippen LogP contribution is 2.28. The van der Waals surface area contributed by atoms with Crippen LogP contribution in [0.3, 0.4) is 0 Å². The summed E-state index contributed by atoms with van der Waals surface area (Å²) < 4.78 is 6.86. The van der Waals surface area contributed by atoms with Crippen molar-refractivity contribution in [2.45, 2.75) is 6.54 Å². The molecule has 4 aromatic rings. The number of benzene rings is 2. The number of rotatable bonds is 5. The van der Waals surface area contributed by atoms with E-state index in [9.17, 15) is 4.79 Å². The van der Waals surface area contributed by atoms with Crippen molar-refractivity contribution in [2.24, 2.45) is 0 Å². The van der Waals surface area contributed by atoms with Gasteiger partial charge in [-0.1, -0.05) is 23.7 Å². The van der Waals surface area contributed by atoms with Gasteiger partial charge in [0.1, 0.15) is 5.75 Å². The summed E-state index contributed by atoms with van der Waals surface area (Å²) in [6.45, 7) is 4.11.